The van der Waals surface area contributed by atoms with Crippen LogP contribution in [0.5, 0.6) is 0 Å². The van der Waals surface area contributed by atoms with E-state index in [1.54, 1.807) is 25.2 Å². The Morgan fingerprint density at radius 3 is 2.77 bits per heavy atom. The van der Waals surface area contributed by atoms with E-state index in [0.717, 1.165) is 5.69 Å². The monoisotopic (exact) mass is 342 g/mol. The largest absolute Gasteiger partial charge is 0.466 e. The zero-order valence-corrected chi connectivity index (χ0v) is 14.4. The van der Waals surface area contributed by atoms with Crippen LogP contribution in [0.1, 0.15) is 36.1 Å². The highest BCUT2D eigenvalue weighted by atomic mass is 32.1. The summed E-state index contributed by atoms with van der Waals surface area (Å²) in [6.45, 7) is 7.39. The molecule has 0 aliphatic heterocycles. The van der Waals surface area contributed by atoms with E-state index >= 15 is 0 Å². The Balaban J connectivity index is 2.15. The molecular formula is C13H18N4O3S2. The number of hydrogen-bond acceptors (Lipinski definition) is 6. The minimum absolute atomic E-state index is 0.244. The highest BCUT2D eigenvalue weighted by Crippen LogP contribution is 2.22. The first-order valence-corrected chi connectivity index (χ1v) is 8.13. The van der Waals surface area contributed by atoms with Crippen LogP contribution in [0.25, 0.3) is 4.96 Å². The van der Waals surface area contributed by atoms with Crippen LogP contribution in [-0.2, 0) is 9.53 Å². The van der Waals surface area contributed by atoms with Crippen molar-refractivity contribution in [3.05, 3.63) is 15.3 Å². The predicted octanol–water partition coefficient (Wildman–Crippen LogP) is 2.08. The molecule has 0 aliphatic carbocycles. The SMILES string of the molecule is CCOC(=O)C(C)C(C)NC(=O)c1sc2n[nH]c(=S)n2c1C. The molecule has 22 heavy (non-hydrogen) atoms. The Hall–Kier alpha value is -1.74. The minimum Gasteiger partial charge on any atom is -0.466 e. The molecule has 0 aromatic carbocycles. The van der Waals surface area contributed by atoms with Gasteiger partial charge in [-0.2, -0.15) is 0 Å². The van der Waals surface area contributed by atoms with E-state index in [1.807, 2.05) is 6.92 Å². The number of hydrogen-bond donors (Lipinski definition) is 2. The summed E-state index contributed by atoms with van der Waals surface area (Å²) < 4.78 is 7.14. The summed E-state index contributed by atoms with van der Waals surface area (Å²) in [6.07, 6.45) is 0. The number of amides is 1. The van der Waals surface area contributed by atoms with Crippen molar-refractivity contribution in [2.24, 2.45) is 5.92 Å². The van der Waals surface area contributed by atoms with Crippen LogP contribution >= 0.6 is 23.6 Å². The second-order valence-electron chi connectivity index (χ2n) is 4.97. The Bertz CT molecular complexity index is 761. The van der Waals surface area contributed by atoms with Crippen LogP contribution in [0.4, 0.5) is 0 Å². The minimum atomic E-state index is -0.420. The van der Waals surface area contributed by atoms with Crippen molar-refractivity contribution in [3.63, 3.8) is 0 Å². The molecule has 2 unspecified atom stereocenters. The van der Waals surface area contributed by atoms with Gasteiger partial charge < -0.3 is 10.1 Å². The number of carbonyl (C=O) groups is 2. The molecule has 2 atom stereocenters. The topological polar surface area (TPSA) is 88.5 Å². The van der Waals surface area contributed by atoms with E-state index in [0.29, 0.717) is 21.2 Å². The van der Waals surface area contributed by atoms with Crippen molar-refractivity contribution < 1.29 is 14.3 Å². The fourth-order valence-electron chi connectivity index (χ4n) is 2.00. The molecule has 2 rings (SSSR count). The van der Waals surface area contributed by atoms with E-state index in [-0.39, 0.29) is 17.9 Å². The normalized spacial score (nSPS) is 13.8. The third kappa shape index (κ3) is 3.05. The van der Waals surface area contributed by atoms with Crippen molar-refractivity contribution in [1.29, 1.82) is 0 Å². The second kappa shape index (κ2) is 6.57. The molecule has 0 saturated carbocycles. The second-order valence-corrected chi connectivity index (χ2v) is 6.33. The molecule has 120 valence electrons. The smallest absolute Gasteiger partial charge is 0.310 e. The molecule has 7 nitrogen and oxygen atoms in total. The third-order valence-electron chi connectivity index (χ3n) is 3.47. The van der Waals surface area contributed by atoms with E-state index in [4.69, 9.17) is 17.0 Å². The summed E-state index contributed by atoms with van der Waals surface area (Å²) in [6, 6.07) is -0.338. The highest BCUT2D eigenvalue weighted by Gasteiger charge is 2.25. The quantitative estimate of drug-likeness (QED) is 0.641. The first-order chi connectivity index (χ1) is 10.4. The molecule has 2 aromatic heterocycles. The maximum atomic E-state index is 12.4. The maximum Gasteiger partial charge on any atom is 0.310 e. The fraction of sp³-hybridized carbons (Fsp3) is 0.538. The number of esters is 1. The van der Waals surface area contributed by atoms with Gasteiger partial charge in [-0.15, -0.1) is 5.10 Å². The Morgan fingerprint density at radius 2 is 2.18 bits per heavy atom. The van der Waals surface area contributed by atoms with Crippen molar-refractivity contribution in [2.75, 3.05) is 6.61 Å². The van der Waals surface area contributed by atoms with Gasteiger partial charge in [0.2, 0.25) is 9.73 Å². The number of carbonyl (C=O) groups excluding carboxylic acids is 2. The summed E-state index contributed by atoms with van der Waals surface area (Å²) in [7, 11) is 0. The molecule has 0 saturated heterocycles. The van der Waals surface area contributed by atoms with E-state index in [1.165, 1.54) is 11.3 Å². The molecule has 0 aliphatic rings. The van der Waals surface area contributed by atoms with Gasteiger partial charge in [-0.25, -0.2) is 0 Å². The number of aromatic amines is 1. The number of ether oxygens (including phenoxy) is 1. The lowest BCUT2D eigenvalue weighted by Gasteiger charge is -2.19. The average Bonchev–Trinajstić information content (AvgIpc) is 2.99. The van der Waals surface area contributed by atoms with Gasteiger partial charge >= 0.3 is 5.97 Å². The average molecular weight is 342 g/mol. The molecule has 0 bridgehead atoms. The van der Waals surface area contributed by atoms with Crippen molar-refractivity contribution in [1.82, 2.24) is 19.9 Å². The lowest BCUT2D eigenvalue weighted by molar-refractivity contribution is -0.148. The zero-order chi connectivity index (χ0) is 16.4. The number of H-pyrrole nitrogens is 1. The number of fused-ring (bicyclic) bond motifs is 1. The van der Waals surface area contributed by atoms with Gasteiger partial charge in [0.05, 0.1) is 12.5 Å². The molecule has 9 heteroatoms. The standard InChI is InChI=1S/C13H18N4O3S2/c1-5-20-11(19)6(2)7(3)14-10(18)9-8(4)17-12(21)15-16-13(17)22-9/h6-7H,5H2,1-4H3,(H,14,18)(H,15,21). The summed E-state index contributed by atoms with van der Waals surface area (Å²) in [4.78, 5) is 25.3. The number of nitrogens with one attached hydrogen (secondary N) is 2. The molecule has 2 aromatic rings. The molecule has 0 radical (unpaired) electrons. The highest BCUT2D eigenvalue weighted by molar-refractivity contribution is 7.71. The van der Waals surface area contributed by atoms with Gasteiger partial charge in [0.25, 0.3) is 5.91 Å². The summed E-state index contributed by atoms with van der Waals surface area (Å²) in [5.74, 6) is -0.988. The van der Waals surface area contributed by atoms with E-state index in [2.05, 4.69) is 15.5 Å². The molecular weight excluding hydrogens is 324 g/mol. The van der Waals surface area contributed by atoms with Gasteiger partial charge in [-0.05, 0) is 39.9 Å². The van der Waals surface area contributed by atoms with Crippen LogP contribution in [0.15, 0.2) is 0 Å². The lowest BCUT2D eigenvalue weighted by atomic mass is 10.0. The van der Waals surface area contributed by atoms with Gasteiger partial charge in [-0.3, -0.25) is 19.1 Å². The van der Waals surface area contributed by atoms with Crippen LogP contribution in [-0.4, -0.2) is 39.1 Å². The molecule has 1 amide bonds. The Labute approximate surface area is 136 Å². The summed E-state index contributed by atoms with van der Waals surface area (Å²) in [5.41, 5.74) is 0.729. The van der Waals surface area contributed by atoms with Crippen molar-refractivity contribution in [2.45, 2.75) is 33.7 Å². The van der Waals surface area contributed by atoms with Crippen molar-refractivity contribution >= 4 is 40.4 Å². The third-order valence-corrected chi connectivity index (χ3v) is 4.89. The van der Waals surface area contributed by atoms with Crippen LogP contribution in [0.2, 0.25) is 0 Å². The van der Waals surface area contributed by atoms with Crippen molar-refractivity contribution in [3.8, 4) is 0 Å². The van der Waals surface area contributed by atoms with Gasteiger partial charge in [-0.1, -0.05) is 11.3 Å². The molecule has 0 fully saturated rings. The van der Waals surface area contributed by atoms with E-state index < -0.39 is 5.92 Å². The number of nitrogens with zero attached hydrogens (tertiary/aromatic N) is 2. The number of aryl methyl sites for hydroxylation is 1. The van der Waals surface area contributed by atoms with E-state index in [9.17, 15) is 9.59 Å². The molecule has 0 spiro atoms. The Morgan fingerprint density at radius 1 is 1.50 bits per heavy atom. The van der Waals surface area contributed by atoms with Crippen LogP contribution in [0, 0.1) is 17.6 Å². The first-order valence-electron chi connectivity index (χ1n) is 6.90. The molecule has 2 N–H and O–H groups in total. The summed E-state index contributed by atoms with van der Waals surface area (Å²) >= 11 is 6.38. The number of thiazole rings is 1. The first kappa shape index (κ1) is 16.6. The lowest BCUT2D eigenvalue weighted by Crippen LogP contribution is -2.40. The summed E-state index contributed by atoms with van der Waals surface area (Å²) in [5, 5.41) is 9.58. The molecule has 2 heterocycles. The van der Waals surface area contributed by atoms with Crippen LogP contribution in [0.3, 0.4) is 0 Å². The maximum absolute atomic E-state index is 12.4. The zero-order valence-electron chi connectivity index (χ0n) is 12.8. The van der Waals surface area contributed by atoms with Gasteiger partial charge in [0, 0.05) is 11.7 Å². The Kier molecular flexibility index (Phi) is 4.97. The van der Waals surface area contributed by atoms with Crippen LogP contribution < -0.4 is 5.32 Å². The number of aromatic nitrogens is 3. The number of rotatable bonds is 5. The van der Waals surface area contributed by atoms with Gasteiger partial charge in [0.15, 0.2) is 0 Å². The fourth-order valence-corrected chi connectivity index (χ4v) is 3.31. The predicted molar refractivity (Wildman–Crippen MR) is 85.7 cm³/mol. The van der Waals surface area contributed by atoms with Gasteiger partial charge in [0.1, 0.15) is 4.88 Å².